The Hall–Kier alpha value is -0.110. The second-order valence-corrected chi connectivity index (χ2v) is 5.62. The maximum Gasteiger partial charge on any atom is 0.415 e. The third-order valence-corrected chi connectivity index (χ3v) is 3.60. The van der Waals surface area contributed by atoms with E-state index in [1.807, 2.05) is 6.07 Å². The van der Waals surface area contributed by atoms with E-state index in [1.165, 1.54) is 0 Å². The predicted molar refractivity (Wildman–Crippen MR) is 70.3 cm³/mol. The van der Waals surface area contributed by atoms with Crippen LogP contribution in [0.15, 0.2) is 27.1 Å². The van der Waals surface area contributed by atoms with Crippen molar-refractivity contribution in [3.63, 3.8) is 0 Å². The Labute approximate surface area is 120 Å². The molecule has 0 heterocycles. The summed E-state index contributed by atoms with van der Waals surface area (Å²) in [6.45, 7) is 1.20. The second-order valence-electron chi connectivity index (χ2n) is 3.85. The molecule has 18 heavy (non-hydrogen) atoms. The molecule has 102 valence electrons. The standard InChI is InChI=1S/C11H12Br2F3NO/c1-6(17-5-10(18)11(14,15)16)8-3-2-7(12)4-9(8)13/h2-4,6,10,17-18H,5H2,1H3. The number of rotatable bonds is 4. The first-order chi connectivity index (χ1) is 8.21. The summed E-state index contributed by atoms with van der Waals surface area (Å²) in [5, 5.41) is 11.5. The van der Waals surface area contributed by atoms with Gasteiger partial charge >= 0.3 is 6.18 Å². The monoisotopic (exact) mass is 389 g/mol. The number of halogens is 5. The molecule has 0 fully saturated rings. The van der Waals surface area contributed by atoms with Crippen LogP contribution in [0, 0.1) is 0 Å². The van der Waals surface area contributed by atoms with E-state index in [1.54, 1.807) is 19.1 Å². The van der Waals surface area contributed by atoms with Gasteiger partial charge in [0.25, 0.3) is 0 Å². The first kappa shape index (κ1) is 15.9. The van der Waals surface area contributed by atoms with Crippen molar-refractivity contribution in [3.8, 4) is 0 Å². The molecule has 0 saturated carbocycles. The average Bonchev–Trinajstić information content (AvgIpc) is 2.24. The number of aliphatic hydroxyl groups is 1. The zero-order valence-electron chi connectivity index (χ0n) is 9.43. The fourth-order valence-corrected chi connectivity index (χ4v) is 2.76. The van der Waals surface area contributed by atoms with Crippen LogP contribution in [0.5, 0.6) is 0 Å². The van der Waals surface area contributed by atoms with Crippen LogP contribution in [0.4, 0.5) is 13.2 Å². The summed E-state index contributed by atoms with van der Waals surface area (Å²) in [4.78, 5) is 0. The van der Waals surface area contributed by atoms with Gasteiger partial charge in [0.05, 0.1) is 0 Å². The Bertz CT molecular complexity index is 412. The molecule has 2 unspecified atom stereocenters. The molecule has 0 saturated heterocycles. The molecule has 0 aromatic heterocycles. The molecule has 0 bridgehead atoms. The van der Waals surface area contributed by atoms with Gasteiger partial charge in [-0.2, -0.15) is 13.2 Å². The van der Waals surface area contributed by atoms with E-state index in [0.29, 0.717) is 0 Å². The molecule has 2 atom stereocenters. The lowest BCUT2D eigenvalue weighted by Crippen LogP contribution is -2.39. The zero-order valence-corrected chi connectivity index (χ0v) is 12.6. The number of benzene rings is 1. The van der Waals surface area contributed by atoms with E-state index < -0.39 is 18.8 Å². The highest BCUT2D eigenvalue weighted by atomic mass is 79.9. The van der Waals surface area contributed by atoms with Crippen LogP contribution in [0.3, 0.4) is 0 Å². The minimum absolute atomic E-state index is 0.301. The third kappa shape index (κ3) is 4.53. The molecule has 0 aliphatic rings. The van der Waals surface area contributed by atoms with Crippen molar-refractivity contribution < 1.29 is 18.3 Å². The van der Waals surface area contributed by atoms with Crippen molar-refractivity contribution in [3.05, 3.63) is 32.7 Å². The normalized spacial score (nSPS) is 15.5. The van der Waals surface area contributed by atoms with Gasteiger partial charge in [0, 0.05) is 21.5 Å². The Morgan fingerprint density at radius 2 is 1.94 bits per heavy atom. The Balaban J connectivity index is 2.63. The van der Waals surface area contributed by atoms with Crippen molar-refractivity contribution >= 4 is 31.9 Å². The number of aliphatic hydroxyl groups excluding tert-OH is 1. The summed E-state index contributed by atoms with van der Waals surface area (Å²) in [6, 6.07) is 5.11. The first-order valence-corrected chi connectivity index (χ1v) is 6.73. The summed E-state index contributed by atoms with van der Waals surface area (Å²) in [5.41, 5.74) is 0.826. The van der Waals surface area contributed by atoms with Crippen molar-refractivity contribution in [2.75, 3.05) is 6.54 Å². The molecule has 2 N–H and O–H groups in total. The zero-order chi connectivity index (χ0) is 13.9. The molecule has 0 aliphatic heterocycles. The lowest BCUT2D eigenvalue weighted by molar-refractivity contribution is -0.202. The molecule has 0 radical (unpaired) electrons. The van der Waals surface area contributed by atoms with Gasteiger partial charge in [0.2, 0.25) is 0 Å². The summed E-state index contributed by atoms with van der Waals surface area (Å²) < 4.78 is 38.1. The van der Waals surface area contributed by atoms with Crippen molar-refractivity contribution in [1.82, 2.24) is 5.32 Å². The molecule has 1 aromatic rings. The quantitative estimate of drug-likeness (QED) is 0.819. The van der Waals surface area contributed by atoms with Gasteiger partial charge in [0.1, 0.15) is 0 Å². The van der Waals surface area contributed by atoms with Crippen molar-refractivity contribution in [1.29, 1.82) is 0 Å². The minimum atomic E-state index is -4.59. The lowest BCUT2D eigenvalue weighted by Gasteiger charge is -2.20. The van der Waals surface area contributed by atoms with E-state index in [9.17, 15) is 13.2 Å². The highest BCUT2D eigenvalue weighted by Gasteiger charge is 2.37. The lowest BCUT2D eigenvalue weighted by atomic mass is 10.1. The Kier molecular flexibility index (Phi) is 5.64. The van der Waals surface area contributed by atoms with Gasteiger partial charge in [-0.25, -0.2) is 0 Å². The minimum Gasteiger partial charge on any atom is -0.382 e. The molecule has 0 spiro atoms. The van der Waals surface area contributed by atoms with Gasteiger partial charge in [-0.15, -0.1) is 0 Å². The summed E-state index contributed by atoms with van der Waals surface area (Å²) in [6.07, 6.45) is -6.95. The second kappa shape index (κ2) is 6.36. The van der Waals surface area contributed by atoms with E-state index in [0.717, 1.165) is 14.5 Å². The topological polar surface area (TPSA) is 32.3 Å². The molecular weight excluding hydrogens is 379 g/mol. The molecule has 2 nitrogen and oxygen atoms in total. The first-order valence-electron chi connectivity index (χ1n) is 5.15. The molecule has 1 aromatic carbocycles. The number of hydrogen-bond donors (Lipinski definition) is 2. The maximum atomic E-state index is 12.1. The smallest absolute Gasteiger partial charge is 0.382 e. The Morgan fingerprint density at radius 1 is 1.33 bits per heavy atom. The SMILES string of the molecule is CC(NCC(O)C(F)(F)F)c1ccc(Br)cc1Br. The third-order valence-electron chi connectivity index (χ3n) is 2.42. The van der Waals surface area contributed by atoms with Crippen molar-refractivity contribution in [2.45, 2.75) is 25.2 Å². The van der Waals surface area contributed by atoms with Crippen molar-refractivity contribution in [2.24, 2.45) is 0 Å². The van der Waals surface area contributed by atoms with E-state index >= 15 is 0 Å². The van der Waals surface area contributed by atoms with Gasteiger partial charge in [-0.05, 0) is 24.6 Å². The van der Waals surface area contributed by atoms with Gasteiger partial charge in [-0.1, -0.05) is 37.9 Å². The fraction of sp³-hybridized carbons (Fsp3) is 0.455. The molecular formula is C11H12Br2F3NO. The van der Waals surface area contributed by atoms with Crippen LogP contribution in [0.2, 0.25) is 0 Å². The van der Waals surface area contributed by atoms with Gasteiger partial charge < -0.3 is 10.4 Å². The van der Waals surface area contributed by atoms with Crippen LogP contribution in [0.1, 0.15) is 18.5 Å². The molecule has 0 aliphatic carbocycles. The Morgan fingerprint density at radius 3 is 2.44 bits per heavy atom. The number of nitrogens with one attached hydrogen (secondary N) is 1. The molecule has 1 rings (SSSR count). The van der Waals surface area contributed by atoms with Crippen LogP contribution < -0.4 is 5.32 Å². The highest BCUT2D eigenvalue weighted by Crippen LogP contribution is 2.27. The van der Waals surface area contributed by atoms with E-state index in [-0.39, 0.29) is 6.04 Å². The summed E-state index contributed by atoms with van der Waals surface area (Å²) in [5.74, 6) is 0. The van der Waals surface area contributed by atoms with Gasteiger partial charge in [0.15, 0.2) is 6.10 Å². The highest BCUT2D eigenvalue weighted by molar-refractivity contribution is 9.11. The number of alkyl halides is 3. The molecule has 0 amide bonds. The summed E-state index contributed by atoms with van der Waals surface area (Å²) in [7, 11) is 0. The average molecular weight is 391 g/mol. The summed E-state index contributed by atoms with van der Waals surface area (Å²) >= 11 is 6.63. The van der Waals surface area contributed by atoms with Crippen LogP contribution in [-0.4, -0.2) is 23.9 Å². The predicted octanol–water partition coefficient (Wildman–Crippen LogP) is 3.79. The maximum absolute atomic E-state index is 12.1. The van der Waals surface area contributed by atoms with E-state index in [4.69, 9.17) is 5.11 Å². The van der Waals surface area contributed by atoms with Gasteiger partial charge in [-0.3, -0.25) is 0 Å². The largest absolute Gasteiger partial charge is 0.415 e. The van der Waals surface area contributed by atoms with Crippen LogP contribution in [0.25, 0.3) is 0 Å². The fourth-order valence-electron chi connectivity index (χ4n) is 1.37. The number of hydrogen-bond acceptors (Lipinski definition) is 2. The van der Waals surface area contributed by atoms with Crippen LogP contribution >= 0.6 is 31.9 Å². The van der Waals surface area contributed by atoms with E-state index in [2.05, 4.69) is 37.2 Å². The molecule has 7 heteroatoms. The van der Waals surface area contributed by atoms with Crippen LogP contribution in [-0.2, 0) is 0 Å².